The molecule has 3 heterocycles. The smallest absolute Gasteiger partial charge is 0.254 e. The van der Waals surface area contributed by atoms with Crippen molar-refractivity contribution >= 4 is 28.0 Å². The monoisotopic (exact) mass is 485 g/mol. The lowest BCUT2D eigenvalue weighted by molar-refractivity contribution is 0.0215. The molecule has 2 aliphatic rings. The van der Waals surface area contributed by atoms with Gasteiger partial charge in [-0.25, -0.2) is 9.97 Å². The average molecular weight is 486 g/mol. The van der Waals surface area contributed by atoms with Gasteiger partial charge in [-0.2, -0.15) is 0 Å². The highest BCUT2D eigenvalue weighted by Gasteiger charge is 2.51. The van der Waals surface area contributed by atoms with E-state index in [9.17, 15) is 4.79 Å². The second-order valence-corrected chi connectivity index (χ2v) is 11.4. The standard InChI is InChI=1S/C29H35N5O2/c1-6-34(27(35)17-9-10-20-21(12-17)31-16-30-20)25-14-18-13-22-23(15-19(18)28(2,3)29(25,4)5)33-26(32-22)24-8-7-11-36-24/h9-10,12-13,15-16,24-25H,6-8,11,14H2,1-5H3,(H,30,31)(H,32,33)/t24?,25-/m1/s1. The first-order chi connectivity index (χ1) is 17.2. The van der Waals surface area contributed by atoms with Crippen LogP contribution in [0.3, 0.4) is 0 Å². The van der Waals surface area contributed by atoms with E-state index in [-0.39, 0.29) is 28.9 Å². The van der Waals surface area contributed by atoms with E-state index in [1.54, 1.807) is 6.33 Å². The maximum Gasteiger partial charge on any atom is 0.254 e. The van der Waals surface area contributed by atoms with Gasteiger partial charge >= 0.3 is 0 Å². The van der Waals surface area contributed by atoms with E-state index >= 15 is 0 Å². The largest absolute Gasteiger partial charge is 0.370 e. The number of aromatic amines is 2. The zero-order chi connectivity index (χ0) is 25.2. The van der Waals surface area contributed by atoms with Gasteiger partial charge in [-0.3, -0.25) is 4.79 Å². The van der Waals surface area contributed by atoms with Crippen LogP contribution in [0.5, 0.6) is 0 Å². The summed E-state index contributed by atoms with van der Waals surface area (Å²) in [4.78, 5) is 31.8. The summed E-state index contributed by atoms with van der Waals surface area (Å²) >= 11 is 0. The molecule has 1 aliphatic carbocycles. The van der Waals surface area contributed by atoms with Gasteiger partial charge < -0.3 is 19.6 Å². The number of rotatable bonds is 4. The van der Waals surface area contributed by atoms with Crippen LogP contribution in [0.2, 0.25) is 0 Å². The summed E-state index contributed by atoms with van der Waals surface area (Å²) in [5.74, 6) is 0.993. The fourth-order valence-corrected chi connectivity index (χ4v) is 6.28. The summed E-state index contributed by atoms with van der Waals surface area (Å²) in [5.41, 5.74) is 6.78. The van der Waals surface area contributed by atoms with E-state index in [1.165, 1.54) is 11.1 Å². The predicted molar refractivity (Wildman–Crippen MR) is 141 cm³/mol. The zero-order valence-corrected chi connectivity index (χ0v) is 21.8. The molecule has 1 fully saturated rings. The minimum atomic E-state index is -0.163. The van der Waals surface area contributed by atoms with Crippen molar-refractivity contribution in [3.63, 3.8) is 0 Å². The van der Waals surface area contributed by atoms with Gasteiger partial charge in [0.1, 0.15) is 11.9 Å². The Hall–Kier alpha value is -3.19. The Morgan fingerprint density at radius 3 is 2.72 bits per heavy atom. The maximum absolute atomic E-state index is 13.9. The Balaban J connectivity index is 1.40. The van der Waals surface area contributed by atoms with Gasteiger partial charge in [0.25, 0.3) is 5.91 Å². The van der Waals surface area contributed by atoms with E-state index in [0.717, 1.165) is 53.8 Å². The van der Waals surface area contributed by atoms with E-state index in [4.69, 9.17) is 9.72 Å². The second kappa shape index (κ2) is 8.17. The molecule has 2 aromatic heterocycles. The fraction of sp³-hybridized carbons (Fsp3) is 0.483. The van der Waals surface area contributed by atoms with Crippen LogP contribution < -0.4 is 0 Å². The number of nitrogens with one attached hydrogen (secondary N) is 2. The summed E-state index contributed by atoms with van der Waals surface area (Å²) in [6.07, 6.45) is 4.63. The molecule has 188 valence electrons. The number of hydrogen-bond acceptors (Lipinski definition) is 4. The number of benzene rings is 2. The molecular formula is C29H35N5O2. The van der Waals surface area contributed by atoms with Crippen LogP contribution in [-0.2, 0) is 16.6 Å². The second-order valence-electron chi connectivity index (χ2n) is 11.4. The molecule has 36 heavy (non-hydrogen) atoms. The number of H-pyrrole nitrogens is 2. The molecule has 6 rings (SSSR count). The number of aromatic nitrogens is 4. The molecule has 1 unspecified atom stereocenters. The lowest BCUT2D eigenvalue weighted by Crippen LogP contribution is -2.58. The van der Waals surface area contributed by atoms with Crippen molar-refractivity contribution < 1.29 is 9.53 Å². The molecule has 1 saturated heterocycles. The Labute approximate surface area is 211 Å². The van der Waals surface area contributed by atoms with Gasteiger partial charge in [0.05, 0.1) is 28.4 Å². The van der Waals surface area contributed by atoms with Crippen LogP contribution in [0.15, 0.2) is 36.7 Å². The summed E-state index contributed by atoms with van der Waals surface area (Å²) < 4.78 is 5.88. The maximum atomic E-state index is 13.9. The van der Waals surface area contributed by atoms with Crippen molar-refractivity contribution in [2.75, 3.05) is 13.2 Å². The van der Waals surface area contributed by atoms with Crippen LogP contribution in [0, 0.1) is 5.41 Å². The summed E-state index contributed by atoms with van der Waals surface area (Å²) in [6, 6.07) is 10.3. The molecule has 2 atom stereocenters. The van der Waals surface area contributed by atoms with E-state index in [0.29, 0.717) is 12.1 Å². The molecule has 0 spiro atoms. The molecule has 4 aromatic rings. The molecule has 2 aromatic carbocycles. The van der Waals surface area contributed by atoms with E-state index in [2.05, 4.69) is 66.6 Å². The van der Waals surface area contributed by atoms with Crippen LogP contribution in [0.25, 0.3) is 22.1 Å². The Kier molecular flexibility index (Phi) is 5.27. The minimum Gasteiger partial charge on any atom is -0.370 e. The fourth-order valence-electron chi connectivity index (χ4n) is 6.28. The highest BCUT2D eigenvalue weighted by molar-refractivity contribution is 5.97. The number of carbonyl (C=O) groups excluding carboxylic acids is 1. The Morgan fingerprint density at radius 1 is 1.14 bits per heavy atom. The number of likely N-dealkylation sites (N-methyl/N-ethyl adjacent to an activating group) is 1. The van der Waals surface area contributed by atoms with Crippen molar-refractivity contribution in [2.45, 2.75) is 71.4 Å². The number of carbonyl (C=O) groups is 1. The third kappa shape index (κ3) is 3.39. The minimum absolute atomic E-state index is 0.0490. The van der Waals surface area contributed by atoms with Gasteiger partial charge in [0.15, 0.2) is 0 Å². The molecule has 7 heteroatoms. The first-order valence-electron chi connectivity index (χ1n) is 13.1. The number of fused-ring (bicyclic) bond motifs is 3. The van der Waals surface area contributed by atoms with Gasteiger partial charge in [0.2, 0.25) is 0 Å². The lowest BCUT2D eigenvalue weighted by Gasteiger charge is -2.55. The van der Waals surface area contributed by atoms with E-state index < -0.39 is 0 Å². The Bertz CT molecular complexity index is 1460. The molecule has 1 amide bonds. The SMILES string of the molecule is CCN(C(=O)c1ccc2nc[nH]c2c1)[C@@H]1Cc2cc3[nH]c(C4CCCO4)nc3cc2C(C)(C)C1(C)C. The summed E-state index contributed by atoms with van der Waals surface area (Å²) in [5, 5.41) is 0. The van der Waals surface area contributed by atoms with Crippen molar-refractivity contribution in [3.8, 4) is 0 Å². The molecule has 0 bridgehead atoms. The van der Waals surface area contributed by atoms with Gasteiger partial charge in [0, 0.05) is 24.8 Å². The topological polar surface area (TPSA) is 86.9 Å². The van der Waals surface area contributed by atoms with Gasteiger partial charge in [-0.1, -0.05) is 27.7 Å². The van der Waals surface area contributed by atoms with Crippen molar-refractivity contribution in [2.24, 2.45) is 5.41 Å². The van der Waals surface area contributed by atoms with E-state index in [1.807, 2.05) is 18.2 Å². The van der Waals surface area contributed by atoms with Gasteiger partial charge in [-0.05, 0) is 78.5 Å². The zero-order valence-electron chi connectivity index (χ0n) is 21.8. The lowest BCUT2D eigenvalue weighted by atomic mass is 9.55. The third-order valence-electron chi connectivity index (χ3n) is 9.14. The van der Waals surface area contributed by atoms with Crippen LogP contribution in [-0.4, -0.2) is 49.9 Å². The highest BCUT2D eigenvalue weighted by atomic mass is 16.5. The number of hydrogen-bond donors (Lipinski definition) is 2. The number of ether oxygens (including phenoxy) is 1. The first-order valence-corrected chi connectivity index (χ1v) is 13.1. The number of amides is 1. The summed E-state index contributed by atoms with van der Waals surface area (Å²) in [7, 11) is 0. The molecule has 0 saturated carbocycles. The quantitative estimate of drug-likeness (QED) is 0.389. The molecule has 1 aliphatic heterocycles. The summed E-state index contributed by atoms with van der Waals surface area (Å²) in [6.45, 7) is 12.8. The normalized spacial score (nSPS) is 22.7. The van der Waals surface area contributed by atoms with Crippen LogP contribution in [0.4, 0.5) is 0 Å². The van der Waals surface area contributed by atoms with Gasteiger partial charge in [-0.15, -0.1) is 0 Å². The van der Waals surface area contributed by atoms with Crippen molar-refractivity contribution in [1.82, 2.24) is 24.8 Å². The van der Waals surface area contributed by atoms with Crippen molar-refractivity contribution in [3.05, 3.63) is 59.2 Å². The first kappa shape index (κ1) is 23.2. The number of nitrogens with zero attached hydrogens (tertiary/aromatic N) is 3. The molecule has 7 nitrogen and oxygen atoms in total. The average Bonchev–Trinajstić information content (AvgIpc) is 3.61. The van der Waals surface area contributed by atoms with Crippen LogP contribution >= 0.6 is 0 Å². The molecule has 2 N–H and O–H groups in total. The molecule has 0 radical (unpaired) electrons. The number of imidazole rings is 2. The predicted octanol–water partition coefficient (Wildman–Crippen LogP) is 5.68. The van der Waals surface area contributed by atoms with Crippen molar-refractivity contribution in [1.29, 1.82) is 0 Å². The highest BCUT2D eigenvalue weighted by Crippen LogP contribution is 2.52. The van der Waals surface area contributed by atoms with Crippen LogP contribution in [0.1, 0.15) is 80.9 Å². The third-order valence-corrected chi connectivity index (χ3v) is 9.14. The molecular weight excluding hydrogens is 450 g/mol. The Morgan fingerprint density at radius 2 is 1.97 bits per heavy atom.